The molecule has 1 N–H and O–H groups in total. The second-order valence-electron chi connectivity index (χ2n) is 6.52. The Hall–Kier alpha value is -0.970. The van der Waals surface area contributed by atoms with Gasteiger partial charge in [0.25, 0.3) is 0 Å². The van der Waals surface area contributed by atoms with E-state index in [1.807, 2.05) is 6.20 Å². The van der Waals surface area contributed by atoms with Gasteiger partial charge in [-0.25, -0.2) is 4.98 Å². The Labute approximate surface area is 130 Å². The Morgan fingerprint density at radius 2 is 2.33 bits per heavy atom. The van der Waals surface area contributed by atoms with Crippen molar-refractivity contribution in [3.63, 3.8) is 0 Å². The zero-order valence-corrected chi connectivity index (χ0v) is 13.6. The highest BCUT2D eigenvalue weighted by Gasteiger charge is 2.42. The number of carboxylic acid groups (broad SMARTS) is 1. The van der Waals surface area contributed by atoms with Gasteiger partial charge in [-0.3, -0.25) is 4.79 Å². The first kappa shape index (κ1) is 14.9. The molecule has 4 atom stereocenters. The maximum atomic E-state index is 10.8. The van der Waals surface area contributed by atoms with Crippen LogP contribution in [0.2, 0.25) is 0 Å². The number of hydrogen-bond acceptors (Lipinski definition) is 3. The van der Waals surface area contributed by atoms with Crippen LogP contribution in [-0.2, 0) is 11.2 Å². The first-order chi connectivity index (χ1) is 10.1. The minimum atomic E-state index is -0.778. The molecule has 3 rings (SSSR count). The van der Waals surface area contributed by atoms with Crippen molar-refractivity contribution in [1.82, 2.24) is 9.55 Å². The molecule has 2 saturated carbocycles. The van der Waals surface area contributed by atoms with E-state index in [1.165, 1.54) is 43.1 Å². The lowest BCUT2D eigenvalue weighted by molar-refractivity contribution is -0.133. The fourth-order valence-electron chi connectivity index (χ4n) is 4.38. The number of carbonyl (C=O) groups is 1. The maximum Gasteiger partial charge on any atom is 0.313 e. The van der Waals surface area contributed by atoms with Gasteiger partial charge >= 0.3 is 5.97 Å². The van der Waals surface area contributed by atoms with Crippen molar-refractivity contribution < 1.29 is 9.90 Å². The molecule has 2 fully saturated rings. The van der Waals surface area contributed by atoms with Crippen LogP contribution in [0, 0.1) is 17.8 Å². The molecule has 1 heterocycles. The average Bonchev–Trinajstić information content (AvgIpc) is 3.18. The van der Waals surface area contributed by atoms with E-state index in [-0.39, 0.29) is 5.75 Å². The molecule has 0 aliphatic heterocycles. The van der Waals surface area contributed by atoms with Crippen LogP contribution >= 0.6 is 11.8 Å². The minimum Gasteiger partial charge on any atom is -0.481 e. The lowest BCUT2D eigenvalue weighted by atomic mass is 9.84. The Morgan fingerprint density at radius 3 is 2.90 bits per heavy atom. The SMILES string of the molecule is CCc1cnc(SCC(=O)O)n1C(C)C1CC2CCC1C2. The second kappa shape index (κ2) is 6.03. The second-order valence-corrected chi connectivity index (χ2v) is 7.46. The van der Waals surface area contributed by atoms with E-state index in [1.54, 1.807) is 0 Å². The molecule has 1 aromatic rings. The van der Waals surface area contributed by atoms with E-state index >= 15 is 0 Å². The number of carboxylic acids is 1. The largest absolute Gasteiger partial charge is 0.481 e. The summed E-state index contributed by atoms with van der Waals surface area (Å²) in [6.07, 6.45) is 8.42. The van der Waals surface area contributed by atoms with Gasteiger partial charge in [-0.05, 0) is 50.4 Å². The number of aromatic nitrogens is 2. The van der Waals surface area contributed by atoms with Crippen molar-refractivity contribution in [2.24, 2.45) is 17.8 Å². The molecule has 5 heteroatoms. The van der Waals surface area contributed by atoms with Gasteiger partial charge in [-0.1, -0.05) is 25.1 Å². The molecule has 0 aromatic carbocycles. The predicted molar refractivity (Wildman–Crippen MR) is 83.6 cm³/mol. The van der Waals surface area contributed by atoms with Crippen LogP contribution in [-0.4, -0.2) is 26.4 Å². The standard InChI is InChI=1S/C16H24N2O2S/c1-3-13-8-17-16(21-9-15(19)20)18(13)10(2)14-7-11-4-5-12(14)6-11/h8,10-12,14H,3-7,9H2,1-2H3,(H,19,20). The van der Waals surface area contributed by atoms with Crippen LogP contribution in [0.1, 0.15) is 51.3 Å². The van der Waals surface area contributed by atoms with Crippen molar-refractivity contribution in [1.29, 1.82) is 0 Å². The van der Waals surface area contributed by atoms with E-state index in [0.717, 1.165) is 29.3 Å². The van der Waals surface area contributed by atoms with E-state index < -0.39 is 5.97 Å². The van der Waals surface area contributed by atoms with Gasteiger partial charge in [0.15, 0.2) is 5.16 Å². The molecular formula is C16H24N2O2S. The number of fused-ring (bicyclic) bond motifs is 2. The van der Waals surface area contributed by atoms with Gasteiger partial charge in [0.1, 0.15) is 0 Å². The molecule has 2 bridgehead atoms. The fourth-order valence-corrected chi connectivity index (χ4v) is 5.19. The van der Waals surface area contributed by atoms with E-state index in [4.69, 9.17) is 5.11 Å². The monoisotopic (exact) mass is 308 g/mol. The molecule has 0 saturated heterocycles. The zero-order valence-electron chi connectivity index (χ0n) is 12.8. The molecule has 21 heavy (non-hydrogen) atoms. The molecule has 1 aromatic heterocycles. The average molecular weight is 308 g/mol. The molecule has 0 spiro atoms. The van der Waals surface area contributed by atoms with Crippen molar-refractivity contribution >= 4 is 17.7 Å². The van der Waals surface area contributed by atoms with Gasteiger partial charge in [-0.2, -0.15) is 0 Å². The van der Waals surface area contributed by atoms with Crippen molar-refractivity contribution in [3.8, 4) is 0 Å². The number of aryl methyl sites for hydroxylation is 1. The van der Waals surface area contributed by atoms with Crippen molar-refractivity contribution in [2.75, 3.05) is 5.75 Å². The quantitative estimate of drug-likeness (QED) is 0.816. The Bertz CT molecular complexity index is 528. The molecular weight excluding hydrogens is 284 g/mol. The number of hydrogen-bond donors (Lipinski definition) is 1. The van der Waals surface area contributed by atoms with E-state index in [2.05, 4.69) is 23.4 Å². The lowest BCUT2D eigenvalue weighted by Gasteiger charge is -2.31. The van der Waals surface area contributed by atoms with Crippen LogP contribution in [0.3, 0.4) is 0 Å². The third kappa shape index (κ3) is 2.85. The normalized spacial score (nSPS) is 29.0. The van der Waals surface area contributed by atoms with Crippen molar-refractivity contribution in [2.45, 2.75) is 57.1 Å². The van der Waals surface area contributed by atoms with Crippen LogP contribution in [0.15, 0.2) is 11.4 Å². The Balaban J connectivity index is 1.81. The van der Waals surface area contributed by atoms with Gasteiger partial charge in [0, 0.05) is 17.9 Å². The predicted octanol–water partition coefficient (Wildman–Crippen LogP) is 3.62. The van der Waals surface area contributed by atoms with Crippen LogP contribution in [0.25, 0.3) is 0 Å². The Kier molecular flexibility index (Phi) is 4.29. The first-order valence-electron chi connectivity index (χ1n) is 8.00. The number of thioether (sulfide) groups is 1. The van der Waals surface area contributed by atoms with E-state index in [0.29, 0.717) is 6.04 Å². The molecule has 4 nitrogen and oxygen atoms in total. The fraction of sp³-hybridized carbons (Fsp3) is 0.750. The number of nitrogens with zero attached hydrogens (tertiary/aromatic N) is 2. The minimum absolute atomic E-state index is 0.0869. The van der Waals surface area contributed by atoms with Gasteiger partial charge in [-0.15, -0.1) is 0 Å². The van der Waals surface area contributed by atoms with Crippen molar-refractivity contribution in [3.05, 3.63) is 11.9 Å². The summed E-state index contributed by atoms with van der Waals surface area (Å²) in [5.74, 6) is 1.86. The summed E-state index contributed by atoms with van der Waals surface area (Å²) in [5, 5.41) is 9.79. The molecule has 116 valence electrons. The summed E-state index contributed by atoms with van der Waals surface area (Å²) < 4.78 is 2.32. The zero-order chi connectivity index (χ0) is 15.0. The summed E-state index contributed by atoms with van der Waals surface area (Å²) in [6.45, 7) is 4.45. The topological polar surface area (TPSA) is 55.1 Å². The summed E-state index contributed by atoms with van der Waals surface area (Å²) in [6, 6.07) is 0.439. The number of aliphatic carboxylic acids is 1. The van der Waals surface area contributed by atoms with Crippen LogP contribution in [0.4, 0.5) is 0 Å². The van der Waals surface area contributed by atoms with Gasteiger partial charge in [0.2, 0.25) is 0 Å². The van der Waals surface area contributed by atoms with Gasteiger partial charge < -0.3 is 9.67 Å². The molecule has 2 aliphatic rings. The van der Waals surface area contributed by atoms with Crippen LogP contribution in [0.5, 0.6) is 0 Å². The molecule has 2 aliphatic carbocycles. The van der Waals surface area contributed by atoms with Crippen LogP contribution < -0.4 is 0 Å². The Morgan fingerprint density at radius 1 is 1.52 bits per heavy atom. The number of imidazole rings is 1. The maximum absolute atomic E-state index is 10.8. The molecule has 0 amide bonds. The third-order valence-corrected chi connectivity index (χ3v) is 6.30. The lowest BCUT2D eigenvalue weighted by Crippen LogP contribution is -2.24. The highest BCUT2D eigenvalue weighted by atomic mass is 32.2. The van der Waals surface area contributed by atoms with Gasteiger partial charge in [0.05, 0.1) is 5.75 Å². The highest BCUT2D eigenvalue weighted by molar-refractivity contribution is 7.99. The first-order valence-corrected chi connectivity index (χ1v) is 8.99. The summed E-state index contributed by atoms with van der Waals surface area (Å²) in [4.78, 5) is 15.3. The molecule has 4 unspecified atom stereocenters. The highest BCUT2D eigenvalue weighted by Crippen LogP contribution is 2.52. The third-order valence-electron chi connectivity index (χ3n) is 5.35. The molecule has 0 radical (unpaired) electrons. The smallest absolute Gasteiger partial charge is 0.313 e. The summed E-state index contributed by atoms with van der Waals surface area (Å²) >= 11 is 1.35. The number of rotatable bonds is 6. The van der Waals surface area contributed by atoms with E-state index in [9.17, 15) is 4.79 Å². The summed E-state index contributed by atoms with van der Waals surface area (Å²) in [5.41, 5.74) is 1.23. The summed E-state index contributed by atoms with van der Waals surface area (Å²) in [7, 11) is 0.